The number of aromatic nitrogens is 1. The van der Waals surface area contributed by atoms with Crippen LogP contribution in [0.5, 0.6) is 5.75 Å². The highest BCUT2D eigenvalue weighted by Crippen LogP contribution is 2.30. The molecule has 3 aromatic rings. The van der Waals surface area contributed by atoms with Crippen LogP contribution in [0.15, 0.2) is 58.4 Å². The second-order valence-electron chi connectivity index (χ2n) is 4.59. The third-order valence-corrected chi connectivity index (χ3v) is 4.78. The van der Waals surface area contributed by atoms with Crippen molar-refractivity contribution >= 4 is 27.3 Å². The zero-order chi connectivity index (χ0) is 14.7. The fraction of sp³-hybridized carbons (Fsp3) is 0.118. The first-order valence-electron chi connectivity index (χ1n) is 6.59. The summed E-state index contributed by atoms with van der Waals surface area (Å²) >= 11 is 5.26. The van der Waals surface area contributed by atoms with Gasteiger partial charge in [-0.05, 0) is 12.1 Å². The zero-order valence-electron chi connectivity index (χ0n) is 11.5. The van der Waals surface area contributed by atoms with Gasteiger partial charge in [0, 0.05) is 27.4 Å². The van der Waals surface area contributed by atoms with Gasteiger partial charge < -0.3 is 4.74 Å². The molecule has 1 aromatic heterocycles. The SMILES string of the molecule is COc1ccccc1Cc1nc(-c2ccccc2Br)cs1. The van der Waals surface area contributed by atoms with Gasteiger partial charge in [-0.3, -0.25) is 0 Å². The molecule has 106 valence electrons. The van der Waals surface area contributed by atoms with E-state index in [1.54, 1.807) is 18.4 Å². The van der Waals surface area contributed by atoms with Crippen LogP contribution in [-0.2, 0) is 6.42 Å². The minimum atomic E-state index is 0.791. The first-order chi connectivity index (χ1) is 10.3. The van der Waals surface area contributed by atoms with E-state index in [-0.39, 0.29) is 0 Å². The molecule has 0 radical (unpaired) electrons. The first kappa shape index (κ1) is 14.3. The normalized spacial score (nSPS) is 10.6. The topological polar surface area (TPSA) is 22.1 Å². The van der Waals surface area contributed by atoms with Crippen molar-refractivity contribution in [3.8, 4) is 17.0 Å². The van der Waals surface area contributed by atoms with Crippen molar-refractivity contribution in [2.24, 2.45) is 0 Å². The number of methoxy groups -OCH3 is 1. The van der Waals surface area contributed by atoms with E-state index in [2.05, 4.69) is 33.4 Å². The molecule has 1 heterocycles. The molecule has 0 saturated heterocycles. The maximum atomic E-state index is 5.40. The van der Waals surface area contributed by atoms with Crippen LogP contribution in [-0.4, -0.2) is 12.1 Å². The van der Waals surface area contributed by atoms with Gasteiger partial charge in [0.15, 0.2) is 0 Å². The number of hydrogen-bond acceptors (Lipinski definition) is 3. The fourth-order valence-electron chi connectivity index (χ4n) is 2.20. The molecule has 0 saturated carbocycles. The summed E-state index contributed by atoms with van der Waals surface area (Å²) in [5.74, 6) is 0.912. The van der Waals surface area contributed by atoms with Crippen molar-refractivity contribution in [2.45, 2.75) is 6.42 Å². The van der Waals surface area contributed by atoms with Gasteiger partial charge in [-0.25, -0.2) is 4.98 Å². The smallest absolute Gasteiger partial charge is 0.122 e. The molecule has 0 atom stereocenters. The molecule has 0 fully saturated rings. The highest BCUT2D eigenvalue weighted by atomic mass is 79.9. The van der Waals surface area contributed by atoms with E-state index in [0.717, 1.165) is 38.5 Å². The van der Waals surface area contributed by atoms with Crippen LogP contribution in [0.4, 0.5) is 0 Å². The average Bonchev–Trinajstić information content (AvgIpc) is 2.96. The number of benzene rings is 2. The maximum Gasteiger partial charge on any atom is 0.122 e. The van der Waals surface area contributed by atoms with Gasteiger partial charge in [0.25, 0.3) is 0 Å². The lowest BCUT2D eigenvalue weighted by Crippen LogP contribution is -1.93. The van der Waals surface area contributed by atoms with E-state index in [4.69, 9.17) is 9.72 Å². The van der Waals surface area contributed by atoms with Crippen molar-refractivity contribution in [2.75, 3.05) is 7.11 Å². The average molecular weight is 360 g/mol. The Morgan fingerprint density at radius 1 is 1.10 bits per heavy atom. The molecule has 2 nitrogen and oxygen atoms in total. The van der Waals surface area contributed by atoms with Gasteiger partial charge in [-0.1, -0.05) is 52.3 Å². The van der Waals surface area contributed by atoms with E-state index in [0.29, 0.717) is 0 Å². The molecule has 0 aliphatic rings. The second kappa shape index (κ2) is 6.41. The van der Waals surface area contributed by atoms with E-state index >= 15 is 0 Å². The number of nitrogens with zero attached hydrogens (tertiary/aromatic N) is 1. The molecule has 2 aromatic carbocycles. The van der Waals surface area contributed by atoms with Gasteiger partial charge >= 0.3 is 0 Å². The number of rotatable bonds is 4. The molecule has 0 N–H and O–H groups in total. The number of hydrogen-bond donors (Lipinski definition) is 0. The fourth-order valence-corrected chi connectivity index (χ4v) is 3.50. The van der Waals surface area contributed by atoms with Crippen LogP contribution < -0.4 is 4.74 Å². The van der Waals surface area contributed by atoms with Crippen LogP contribution in [0.3, 0.4) is 0 Å². The standard InChI is InChI=1S/C17H14BrNOS/c1-20-16-9-5-2-6-12(16)10-17-19-15(11-21-17)13-7-3-4-8-14(13)18/h2-9,11H,10H2,1H3. The Bertz CT molecular complexity index is 754. The lowest BCUT2D eigenvalue weighted by molar-refractivity contribution is 0.410. The van der Waals surface area contributed by atoms with Crippen molar-refractivity contribution in [1.29, 1.82) is 0 Å². The molecule has 4 heteroatoms. The lowest BCUT2D eigenvalue weighted by atomic mass is 10.1. The summed E-state index contributed by atoms with van der Waals surface area (Å²) in [7, 11) is 1.70. The molecule has 0 unspecified atom stereocenters. The molecule has 0 aliphatic heterocycles. The van der Waals surface area contributed by atoms with Crippen LogP contribution in [0.25, 0.3) is 11.3 Å². The van der Waals surface area contributed by atoms with Crippen molar-refractivity contribution in [1.82, 2.24) is 4.98 Å². The van der Waals surface area contributed by atoms with Crippen molar-refractivity contribution in [3.63, 3.8) is 0 Å². The minimum Gasteiger partial charge on any atom is -0.496 e. The summed E-state index contributed by atoms with van der Waals surface area (Å²) in [5, 5.41) is 3.19. The molecule has 0 aliphatic carbocycles. The molecule has 3 rings (SSSR count). The van der Waals surface area contributed by atoms with Gasteiger partial charge in [-0.15, -0.1) is 11.3 Å². The Labute approximate surface area is 136 Å². The summed E-state index contributed by atoms with van der Waals surface area (Å²) in [6.45, 7) is 0. The largest absolute Gasteiger partial charge is 0.496 e. The molecule has 0 amide bonds. The number of thiazole rings is 1. The summed E-state index contributed by atoms with van der Waals surface area (Å²) in [6.07, 6.45) is 0.791. The highest BCUT2D eigenvalue weighted by Gasteiger charge is 2.10. The third-order valence-electron chi connectivity index (χ3n) is 3.24. The van der Waals surface area contributed by atoms with E-state index < -0.39 is 0 Å². The maximum absolute atomic E-state index is 5.40. The Hall–Kier alpha value is -1.65. The van der Waals surface area contributed by atoms with Crippen LogP contribution in [0, 0.1) is 0 Å². The Kier molecular flexibility index (Phi) is 4.36. The van der Waals surface area contributed by atoms with Crippen LogP contribution in [0.1, 0.15) is 10.6 Å². The monoisotopic (exact) mass is 359 g/mol. The van der Waals surface area contributed by atoms with E-state index in [9.17, 15) is 0 Å². The van der Waals surface area contributed by atoms with E-state index in [1.807, 2.05) is 36.4 Å². The van der Waals surface area contributed by atoms with Gasteiger partial charge in [0.05, 0.1) is 17.8 Å². The second-order valence-corrected chi connectivity index (χ2v) is 6.39. The Balaban J connectivity index is 1.87. The first-order valence-corrected chi connectivity index (χ1v) is 8.26. The molecule has 0 spiro atoms. The van der Waals surface area contributed by atoms with E-state index in [1.165, 1.54) is 0 Å². The number of para-hydroxylation sites is 1. The summed E-state index contributed by atoms with van der Waals surface area (Å²) in [6, 6.07) is 16.2. The molecular formula is C17H14BrNOS. The zero-order valence-corrected chi connectivity index (χ0v) is 13.9. The van der Waals surface area contributed by atoms with Crippen LogP contribution >= 0.6 is 27.3 Å². The van der Waals surface area contributed by atoms with Gasteiger partial charge in [-0.2, -0.15) is 0 Å². The number of ether oxygens (including phenoxy) is 1. The number of halogens is 1. The highest BCUT2D eigenvalue weighted by molar-refractivity contribution is 9.10. The predicted molar refractivity (Wildman–Crippen MR) is 91.1 cm³/mol. The predicted octanol–water partition coefficient (Wildman–Crippen LogP) is 5.17. The summed E-state index contributed by atoms with van der Waals surface area (Å²) in [4.78, 5) is 4.74. The molecule has 0 bridgehead atoms. The van der Waals surface area contributed by atoms with Crippen LogP contribution in [0.2, 0.25) is 0 Å². The van der Waals surface area contributed by atoms with Gasteiger partial charge in [0.1, 0.15) is 5.75 Å². The summed E-state index contributed by atoms with van der Waals surface area (Å²) < 4.78 is 6.47. The Morgan fingerprint density at radius 2 is 1.86 bits per heavy atom. The van der Waals surface area contributed by atoms with Crippen molar-refractivity contribution in [3.05, 3.63) is 69.0 Å². The van der Waals surface area contributed by atoms with Gasteiger partial charge in [0.2, 0.25) is 0 Å². The molecular weight excluding hydrogens is 346 g/mol. The molecule has 21 heavy (non-hydrogen) atoms. The lowest BCUT2D eigenvalue weighted by Gasteiger charge is -2.06. The third kappa shape index (κ3) is 3.17. The minimum absolute atomic E-state index is 0.791. The van der Waals surface area contributed by atoms with Crippen molar-refractivity contribution < 1.29 is 4.74 Å². The quantitative estimate of drug-likeness (QED) is 0.640. The Morgan fingerprint density at radius 3 is 2.67 bits per heavy atom. The summed E-state index contributed by atoms with van der Waals surface area (Å²) in [5.41, 5.74) is 3.30.